The average molecular weight is 480 g/mol. The fourth-order valence-corrected chi connectivity index (χ4v) is 5.90. The standard InChI is InChI=1S/C30H25NO3S/c1-3-34-30(33)26-24(21-15-9-5-10-16-21)23(20-13-7-4-8-14-20)25(27(26)32)28-19(2)31-29(35-28)22-17-11-6-12-18-22/h4-18,24,26H,3H2,1-2H3. The highest BCUT2D eigenvalue weighted by molar-refractivity contribution is 7.16. The molecule has 0 amide bonds. The van der Waals surface area contributed by atoms with Gasteiger partial charge >= 0.3 is 5.97 Å². The zero-order valence-corrected chi connectivity index (χ0v) is 20.4. The number of aryl methyl sites for hydroxylation is 1. The molecule has 1 aliphatic carbocycles. The number of hydrogen-bond donors (Lipinski definition) is 0. The quantitative estimate of drug-likeness (QED) is 0.232. The predicted octanol–water partition coefficient (Wildman–Crippen LogP) is 6.58. The summed E-state index contributed by atoms with van der Waals surface area (Å²) >= 11 is 1.49. The average Bonchev–Trinajstić information content (AvgIpc) is 3.42. The molecule has 35 heavy (non-hydrogen) atoms. The third-order valence-corrected chi connectivity index (χ3v) is 7.49. The Hall–Kier alpha value is -3.83. The van der Waals surface area contributed by atoms with Crippen molar-refractivity contribution in [2.24, 2.45) is 5.92 Å². The Kier molecular flexibility index (Phi) is 6.43. The first-order chi connectivity index (χ1) is 17.1. The first-order valence-electron chi connectivity index (χ1n) is 11.7. The molecule has 5 rings (SSSR count). The summed E-state index contributed by atoms with van der Waals surface area (Å²) in [6.45, 7) is 3.91. The molecule has 0 saturated heterocycles. The minimum absolute atomic E-state index is 0.206. The van der Waals surface area contributed by atoms with Gasteiger partial charge in [-0.2, -0.15) is 0 Å². The molecule has 0 radical (unpaired) electrons. The summed E-state index contributed by atoms with van der Waals surface area (Å²) in [5.74, 6) is -2.08. The zero-order valence-electron chi connectivity index (χ0n) is 19.6. The Balaban J connectivity index is 1.77. The number of ether oxygens (including phenoxy) is 1. The van der Waals surface area contributed by atoms with E-state index in [0.717, 1.165) is 37.8 Å². The molecule has 1 heterocycles. The molecule has 0 aliphatic heterocycles. The lowest BCUT2D eigenvalue weighted by molar-refractivity contribution is -0.150. The SMILES string of the molecule is CCOC(=O)C1C(=O)C(c2sc(-c3ccccc3)nc2C)=C(c2ccccc2)C1c1ccccc1. The predicted molar refractivity (Wildman–Crippen MR) is 140 cm³/mol. The van der Waals surface area contributed by atoms with Gasteiger partial charge in [0.15, 0.2) is 5.78 Å². The fourth-order valence-electron chi connectivity index (χ4n) is 4.76. The van der Waals surface area contributed by atoms with Crippen LogP contribution < -0.4 is 0 Å². The van der Waals surface area contributed by atoms with E-state index in [9.17, 15) is 9.59 Å². The lowest BCUT2D eigenvalue weighted by Gasteiger charge is -2.21. The molecule has 1 aliphatic rings. The van der Waals surface area contributed by atoms with Gasteiger partial charge in [-0.25, -0.2) is 4.98 Å². The number of ketones is 1. The Morgan fingerprint density at radius 3 is 2.06 bits per heavy atom. The molecule has 0 saturated carbocycles. The number of allylic oxidation sites excluding steroid dienone is 2. The molecule has 4 aromatic rings. The van der Waals surface area contributed by atoms with Crippen LogP contribution in [0.25, 0.3) is 21.7 Å². The van der Waals surface area contributed by atoms with Crippen LogP contribution in [0, 0.1) is 12.8 Å². The van der Waals surface area contributed by atoms with E-state index in [4.69, 9.17) is 9.72 Å². The zero-order chi connectivity index (χ0) is 24.4. The number of thiazole rings is 1. The van der Waals surface area contributed by atoms with Crippen molar-refractivity contribution in [3.63, 3.8) is 0 Å². The number of benzene rings is 3. The summed E-state index contributed by atoms with van der Waals surface area (Å²) in [5.41, 5.74) is 5.04. The summed E-state index contributed by atoms with van der Waals surface area (Å²) in [6.07, 6.45) is 0. The second-order valence-corrected chi connectivity index (χ2v) is 9.44. The summed E-state index contributed by atoms with van der Waals surface area (Å²) in [5, 5.41) is 0.849. The summed E-state index contributed by atoms with van der Waals surface area (Å²) in [7, 11) is 0. The molecule has 0 bridgehead atoms. The van der Waals surface area contributed by atoms with Crippen molar-refractivity contribution in [3.05, 3.63) is 113 Å². The largest absolute Gasteiger partial charge is 0.465 e. The lowest BCUT2D eigenvalue weighted by Crippen LogP contribution is -2.28. The smallest absolute Gasteiger partial charge is 0.317 e. The first-order valence-corrected chi connectivity index (χ1v) is 12.5. The molecule has 0 spiro atoms. The maximum Gasteiger partial charge on any atom is 0.317 e. The van der Waals surface area contributed by atoms with E-state index < -0.39 is 17.8 Å². The van der Waals surface area contributed by atoms with Crippen LogP contribution in [0.1, 0.15) is 34.5 Å². The van der Waals surface area contributed by atoms with E-state index in [1.54, 1.807) is 6.92 Å². The van der Waals surface area contributed by atoms with Crippen molar-refractivity contribution in [1.29, 1.82) is 0 Å². The van der Waals surface area contributed by atoms with Gasteiger partial charge in [0.2, 0.25) is 0 Å². The van der Waals surface area contributed by atoms with Crippen LogP contribution >= 0.6 is 11.3 Å². The van der Waals surface area contributed by atoms with E-state index in [0.29, 0.717) is 5.57 Å². The minimum atomic E-state index is -0.941. The highest BCUT2D eigenvalue weighted by Gasteiger charge is 2.49. The number of Topliss-reactive ketones (excluding diaryl/α,β-unsaturated/α-hetero) is 1. The highest BCUT2D eigenvalue weighted by atomic mass is 32.1. The van der Waals surface area contributed by atoms with E-state index in [-0.39, 0.29) is 12.4 Å². The van der Waals surface area contributed by atoms with Crippen LogP contribution in [0.3, 0.4) is 0 Å². The van der Waals surface area contributed by atoms with Gasteiger partial charge in [-0.15, -0.1) is 11.3 Å². The third-order valence-electron chi connectivity index (χ3n) is 6.27. The van der Waals surface area contributed by atoms with Crippen molar-refractivity contribution in [2.75, 3.05) is 6.61 Å². The summed E-state index contributed by atoms with van der Waals surface area (Å²) < 4.78 is 5.42. The van der Waals surface area contributed by atoms with Gasteiger partial charge in [-0.1, -0.05) is 91.0 Å². The second-order valence-electron chi connectivity index (χ2n) is 8.44. The number of aromatic nitrogens is 1. The minimum Gasteiger partial charge on any atom is -0.465 e. The Morgan fingerprint density at radius 2 is 1.46 bits per heavy atom. The molecule has 2 unspecified atom stereocenters. The monoisotopic (exact) mass is 479 g/mol. The molecule has 4 nitrogen and oxygen atoms in total. The van der Waals surface area contributed by atoms with Crippen LogP contribution in [0.15, 0.2) is 91.0 Å². The van der Waals surface area contributed by atoms with Crippen molar-refractivity contribution >= 4 is 34.2 Å². The maximum absolute atomic E-state index is 14.1. The van der Waals surface area contributed by atoms with E-state index in [1.165, 1.54) is 11.3 Å². The highest BCUT2D eigenvalue weighted by Crippen LogP contribution is 2.52. The third kappa shape index (κ3) is 4.24. The second kappa shape index (κ2) is 9.80. The van der Waals surface area contributed by atoms with Gasteiger partial charge < -0.3 is 4.74 Å². The molecule has 3 aromatic carbocycles. The van der Waals surface area contributed by atoms with Gasteiger partial charge in [-0.05, 0) is 30.5 Å². The first kappa shape index (κ1) is 22.9. The molecule has 0 fully saturated rings. The molecule has 174 valence electrons. The van der Waals surface area contributed by atoms with E-state index in [1.807, 2.05) is 97.9 Å². The van der Waals surface area contributed by atoms with Crippen LogP contribution in [0.2, 0.25) is 0 Å². The molecule has 0 N–H and O–H groups in total. The van der Waals surface area contributed by atoms with Crippen LogP contribution in [0.4, 0.5) is 0 Å². The molecule has 5 heteroatoms. The molecule has 2 atom stereocenters. The van der Waals surface area contributed by atoms with Gasteiger partial charge in [-0.3, -0.25) is 9.59 Å². The lowest BCUT2D eigenvalue weighted by atomic mass is 9.82. The Morgan fingerprint density at radius 1 is 0.886 bits per heavy atom. The van der Waals surface area contributed by atoms with Crippen molar-refractivity contribution in [2.45, 2.75) is 19.8 Å². The Labute approximate surface area is 208 Å². The summed E-state index contributed by atoms with van der Waals surface area (Å²) in [6, 6.07) is 29.6. The number of carbonyl (C=O) groups excluding carboxylic acids is 2. The number of nitrogens with zero attached hydrogens (tertiary/aromatic N) is 1. The van der Waals surface area contributed by atoms with Crippen LogP contribution in [0.5, 0.6) is 0 Å². The molecule has 1 aromatic heterocycles. The number of carbonyl (C=O) groups is 2. The van der Waals surface area contributed by atoms with Gasteiger partial charge in [0.25, 0.3) is 0 Å². The van der Waals surface area contributed by atoms with Crippen molar-refractivity contribution < 1.29 is 14.3 Å². The molecular formula is C30H25NO3S. The summed E-state index contributed by atoms with van der Waals surface area (Å²) in [4.78, 5) is 32.9. The number of hydrogen-bond acceptors (Lipinski definition) is 5. The van der Waals surface area contributed by atoms with Gasteiger partial charge in [0.05, 0.1) is 17.2 Å². The van der Waals surface area contributed by atoms with E-state index >= 15 is 0 Å². The normalized spacial score (nSPS) is 17.6. The van der Waals surface area contributed by atoms with Crippen LogP contribution in [-0.4, -0.2) is 23.3 Å². The topological polar surface area (TPSA) is 56.3 Å². The number of rotatable bonds is 6. The fraction of sp³-hybridized carbons (Fsp3) is 0.167. The van der Waals surface area contributed by atoms with E-state index in [2.05, 4.69) is 0 Å². The maximum atomic E-state index is 14.1. The Bertz CT molecular complexity index is 1390. The van der Waals surface area contributed by atoms with Crippen molar-refractivity contribution in [1.82, 2.24) is 4.98 Å². The van der Waals surface area contributed by atoms with Crippen molar-refractivity contribution in [3.8, 4) is 10.6 Å². The van der Waals surface area contributed by atoms with Gasteiger partial charge in [0, 0.05) is 17.1 Å². The van der Waals surface area contributed by atoms with Crippen LogP contribution in [-0.2, 0) is 14.3 Å². The number of esters is 1. The molecular weight excluding hydrogens is 454 g/mol. The van der Waals surface area contributed by atoms with Gasteiger partial charge in [0.1, 0.15) is 10.9 Å².